The Bertz CT molecular complexity index is 3390. The minimum atomic E-state index is 0.599. The Kier molecular flexibility index (Phi) is 7.47. The molecule has 0 unspecified atom stereocenters. The molecular formula is C52H34N2O3. The summed E-state index contributed by atoms with van der Waals surface area (Å²) in [5, 5.41) is 7.43. The molecule has 0 radical (unpaired) electrons. The van der Waals surface area contributed by atoms with E-state index >= 15 is 0 Å². The molecular weight excluding hydrogens is 701 g/mol. The molecule has 3 heterocycles. The van der Waals surface area contributed by atoms with Gasteiger partial charge in [-0.25, -0.2) is 4.98 Å². The molecule has 0 atom stereocenters. The van der Waals surface area contributed by atoms with Crippen LogP contribution in [0.5, 0.6) is 0 Å². The Labute approximate surface area is 328 Å². The monoisotopic (exact) mass is 734 g/mol. The average Bonchev–Trinajstić information content (AvgIpc) is 3.97. The zero-order valence-corrected chi connectivity index (χ0v) is 31.1. The molecule has 0 fully saturated rings. The van der Waals surface area contributed by atoms with Gasteiger partial charge in [0.2, 0.25) is 5.89 Å². The van der Waals surface area contributed by atoms with Gasteiger partial charge < -0.3 is 18.2 Å². The Hall–Kier alpha value is -7.63. The lowest BCUT2D eigenvalue weighted by Crippen LogP contribution is -2.15. The molecule has 270 valence electrons. The van der Waals surface area contributed by atoms with E-state index in [1.54, 1.807) is 0 Å². The second kappa shape index (κ2) is 13.0. The summed E-state index contributed by atoms with van der Waals surface area (Å²) in [5.74, 6) is 1.38. The summed E-state index contributed by atoms with van der Waals surface area (Å²) >= 11 is 0. The van der Waals surface area contributed by atoms with Gasteiger partial charge in [0, 0.05) is 55.8 Å². The van der Waals surface area contributed by atoms with Crippen molar-refractivity contribution in [1.82, 2.24) is 4.98 Å². The number of hydrogen-bond acceptors (Lipinski definition) is 5. The highest BCUT2D eigenvalue weighted by molar-refractivity contribution is 6.19. The first kappa shape index (κ1) is 32.8. The fraction of sp³-hybridized carbons (Fsp3) is 0.0192. The van der Waals surface area contributed by atoms with Gasteiger partial charge in [-0.05, 0) is 101 Å². The first-order valence-corrected chi connectivity index (χ1v) is 19.1. The summed E-state index contributed by atoms with van der Waals surface area (Å²) in [6.07, 6.45) is 3.98. The van der Waals surface area contributed by atoms with Gasteiger partial charge in [-0.3, -0.25) is 0 Å². The first-order chi connectivity index (χ1) is 28.1. The van der Waals surface area contributed by atoms with Gasteiger partial charge >= 0.3 is 0 Å². The Morgan fingerprint density at radius 3 is 2.04 bits per heavy atom. The van der Waals surface area contributed by atoms with Crippen molar-refractivity contribution in [1.29, 1.82) is 0 Å². The quantitative estimate of drug-likeness (QED) is 0.121. The molecule has 0 aliphatic rings. The topological polar surface area (TPSA) is 55.6 Å². The number of aryl methyl sites for hydroxylation is 1. The highest BCUT2D eigenvalue weighted by Gasteiger charge is 2.21. The molecule has 0 aliphatic heterocycles. The molecule has 5 nitrogen and oxygen atoms in total. The van der Waals surface area contributed by atoms with E-state index in [2.05, 4.69) is 122 Å². The Morgan fingerprint density at radius 1 is 0.561 bits per heavy atom. The third-order valence-corrected chi connectivity index (χ3v) is 11.1. The highest BCUT2D eigenvalue weighted by atomic mass is 16.3. The number of rotatable bonds is 7. The largest absolute Gasteiger partial charge is 0.456 e. The van der Waals surface area contributed by atoms with Crippen LogP contribution in [0.25, 0.3) is 94.2 Å². The lowest BCUT2D eigenvalue weighted by Gasteiger charge is -2.27. The van der Waals surface area contributed by atoms with E-state index in [1.807, 2.05) is 72.8 Å². The van der Waals surface area contributed by atoms with Crippen molar-refractivity contribution in [2.45, 2.75) is 6.92 Å². The van der Waals surface area contributed by atoms with Crippen LogP contribution in [0.2, 0.25) is 0 Å². The van der Waals surface area contributed by atoms with Crippen LogP contribution in [0, 0.1) is 6.92 Å². The van der Waals surface area contributed by atoms with Crippen molar-refractivity contribution in [3.63, 3.8) is 0 Å². The van der Waals surface area contributed by atoms with Crippen LogP contribution in [0.1, 0.15) is 11.3 Å². The third-order valence-electron chi connectivity index (χ3n) is 11.1. The van der Waals surface area contributed by atoms with Gasteiger partial charge in [0.25, 0.3) is 0 Å². The lowest BCUT2D eigenvalue weighted by atomic mass is 9.98. The maximum Gasteiger partial charge on any atom is 0.227 e. The lowest BCUT2D eigenvalue weighted by molar-refractivity contribution is 0.600. The third kappa shape index (κ3) is 5.35. The molecule has 0 aliphatic carbocycles. The Morgan fingerprint density at radius 2 is 1.23 bits per heavy atom. The molecule has 11 rings (SSSR count). The summed E-state index contributed by atoms with van der Waals surface area (Å²) in [7, 11) is 0. The number of aromatic nitrogens is 1. The van der Waals surface area contributed by atoms with Crippen molar-refractivity contribution in [3.8, 4) is 22.6 Å². The standard InChI is InChI=1S/C52H34N2O3/c1-3-37(31-48-32(2)40-17-10-11-19-45(40)56-48)54(39-26-28-46-43(30-39)50-41(18-12-20-47(50)55-46)33-13-6-4-7-14-33)38-25-23-34-21-22-35-24-27-44-51(49(35)42(34)29-38)57-52(53-44)36-15-8-5-9-16-36/h3-31H,1H2,2H3/b37-31+. The summed E-state index contributed by atoms with van der Waals surface area (Å²) in [4.78, 5) is 7.17. The fourth-order valence-electron chi connectivity index (χ4n) is 8.29. The van der Waals surface area contributed by atoms with E-state index < -0.39 is 0 Å². The van der Waals surface area contributed by atoms with E-state index in [4.69, 9.17) is 18.2 Å². The average molecular weight is 735 g/mol. The van der Waals surface area contributed by atoms with Crippen LogP contribution in [0.3, 0.4) is 0 Å². The van der Waals surface area contributed by atoms with E-state index in [9.17, 15) is 0 Å². The second-order valence-corrected chi connectivity index (χ2v) is 14.4. The molecule has 5 heteroatoms. The maximum atomic E-state index is 6.60. The number of furan rings is 2. The SMILES string of the molecule is C=C/C(=C\c1oc2ccccc2c1C)N(c1ccc2oc3cccc(-c4ccccc4)c3c2c1)c1ccc2ccc3ccc4nc(-c5ccccc5)oc4c3c2c1. The van der Waals surface area contributed by atoms with Crippen LogP contribution in [0.4, 0.5) is 11.4 Å². The van der Waals surface area contributed by atoms with E-state index in [0.29, 0.717) is 5.89 Å². The number of oxazole rings is 1. The maximum absolute atomic E-state index is 6.60. The molecule has 0 saturated carbocycles. The molecule has 3 aromatic heterocycles. The van der Waals surface area contributed by atoms with Crippen LogP contribution < -0.4 is 4.90 Å². The highest BCUT2D eigenvalue weighted by Crippen LogP contribution is 2.43. The number of anilines is 2. The second-order valence-electron chi connectivity index (χ2n) is 14.4. The normalized spacial score (nSPS) is 12.1. The van der Waals surface area contributed by atoms with Gasteiger partial charge in [0.1, 0.15) is 28.0 Å². The molecule has 0 N–H and O–H groups in total. The summed E-state index contributed by atoms with van der Waals surface area (Å²) < 4.78 is 19.5. The predicted molar refractivity (Wildman–Crippen MR) is 235 cm³/mol. The van der Waals surface area contributed by atoms with E-state index in [1.165, 1.54) is 0 Å². The van der Waals surface area contributed by atoms with Gasteiger partial charge in [0.15, 0.2) is 5.58 Å². The van der Waals surface area contributed by atoms with Gasteiger partial charge in [-0.15, -0.1) is 0 Å². The van der Waals surface area contributed by atoms with E-state index in [-0.39, 0.29) is 0 Å². The van der Waals surface area contributed by atoms with Crippen LogP contribution >= 0.6 is 0 Å². The molecule has 11 aromatic rings. The minimum Gasteiger partial charge on any atom is -0.456 e. The van der Waals surface area contributed by atoms with Crippen LogP contribution in [0.15, 0.2) is 195 Å². The summed E-state index contributed by atoms with van der Waals surface area (Å²) in [6, 6.07) is 56.4. The number of nitrogens with zero attached hydrogens (tertiary/aromatic N) is 2. The van der Waals surface area contributed by atoms with Gasteiger partial charge in [-0.2, -0.15) is 0 Å². The molecule has 0 spiro atoms. The fourth-order valence-corrected chi connectivity index (χ4v) is 8.29. The molecule has 0 saturated heterocycles. The van der Waals surface area contributed by atoms with Crippen molar-refractivity contribution in [2.75, 3.05) is 4.90 Å². The molecule has 0 amide bonds. The number of fused-ring (bicyclic) bond motifs is 9. The van der Waals surface area contributed by atoms with Crippen molar-refractivity contribution in [2.24, 2.45) is 0 Å². The van der Waals surface area contributed by atoms with Crippen molar-refractivity contribution < 1.29 is 13.3 Å². The number of allylic oxidation sites excluding steroid dienone is 1. The van der Waals surface area contributed by atoms with Crippen LogP contribution in [-0.4, -0.2) is 4.98 Å². The van der Waals surface area contributed by atoms with Crippen LogP contribution in [-0.2, 0) is 0 Å². The zero-order valence-electron chi connectivity index (χ0n) is 31.1. The van der Waals surface area contributed by atoms with Gasteiger partial charge in [-0.1, -0.05) is 110 Å². The predicted octanol–water partition coefficient (Wildman–Crippen LogP) is 14.8. The molecule has 0 bridgehead atoms. The zero-order chi connectivity index (χ0) is 38.0. The number of hydrogen-bond donors (Lipinski definition) is 0. The minimum absolute atomic E-state index is 0.599. The summed E-state index contributed by atoms with van der Waals surface area (Å²) in [5.41, 5.74) is 11.1. The van der Waals surface area contributed by atoms with Gasteiger partial charge in [0.05, 0.1) is 0 Å². The Balaban J connectivity index is 1.16. The van der Waals surface area contributed by atoms with Crippen molar-refractivity contribution in [3.05, 3.63) is 193 Å². The van der Waals surface area contributed by atoms with Crippen molar-refractivity contribution >= 4 is 83.0 Å². The molecule has 8 aromatic carbocycles. The van der Waals surface area contributed by atoms with E-state index in [0.717, 1.165) is 111 Å². The first-order valence-electron chi connectivity index (χ1n) is 19.1. The summed E-state index contributed by atoms with van der Waals surface area (Å²) in [6.45, 7) is 6.46. The number of para-hydroxylation sites is 1. The number of benzene rings is 8. The smallest absolute Gasteiger partial charge is 0.227 e. The molecule has 57 heavy (non-hydrogen) atoms.